The van der Waals surface area contributed by atoms with Crippen LogP contribution in [-0.4, -0.2) is 23.4 Å². The Labute approximate surface area is 158 Å². The maximum atomic E-state index is 12.8. The second-order valence-corrected chi connectivity index (χ2v) is 11.7. The minimum absolute atomic E-state index is 0.0181. The van der Waals surface area contributed by atoms with E-state index in [1.165, 1.54) is 9.87 Å². The molecule has 0 aromatic heterocycles. The molecular weight excluding hydrogens is 395 g/mol. The van der Waals surface area contributed by atoms with Crippen LogP contribution in [0.25, 0.3) is 0 Å². The predicted octanol–water partition coefficient (Wildman–Crippen LogP) is 4.47. The number of allylic oxidation sites excluding steroid dienone is 1. The molecule has 0 saturated carbocycles. The molecule has 0 aliphatic rings. The minimum atomic E-state index is -3.41. The summed E-state index contributed by atoms with van der Waals surface area (Å²) in [5.74, 6) is 0. The van der Waals surface area contributed by atoms with Gasteiger partial charge in [-0.05, 0) is 0 Å². The Morgan fingerprint density at radius 1 is 1.00 bits per heavy atom. The zero-order valence-corrected chi connectivity index (χ0v) is 17.9. The fourth-order valence-corrected chi connectivity index (χ4v) is 6.18. The van der Waals surface area contributed by atoms with Gasteiger partial charge in [-0.1, -0.05) is 0 Å². The summed E-state index contributed by atoms with van der Waals surface area (Å²) in [6, 6.07) is 17.2. The third kappa shape index (κ3) is 6.81. The number of sulfone groups is 1. The van der Waals surface area contributed by atoms with Crippen molar-refractivity contribution in [2.24, 2.45) is 5.41 Å². The molecule has 25 heavy (non-hydrogen) atoms. The Balaban J connectivity index is 2.31. The number of benzene rings is 2. The molecule has 2 aromatic carbocycles. The van der Waals surface area contributed by atoms with E-state index in [4.69, 9.17) is 0 Å². The first kappa shape index (κ1) is 20.0. The van der Waals surface area contributed by atoms with E-state index in [-0.39, 0.29) is 20.4 Å². The molecule has 0 radical (unpaired) electrons. The molecule has 2 aromatic rings. The van der Waals surface area contributed by atoms with Crippen LogP contribution in [0.1, 0.15) is 39.2 Å². The molecule has 2 rings (SSSR count). The fourth-order valence-electron chi connectivity index (χ4n) is 2.24. The summed E-state index contributed by atoms with van der Waals surface area (Å²) in [5.41, 5.74) is 1.24. The standard InChI is InChI=1S/C21H26O2SSe/c1-17-10-12-18(13-11-17)24(22,23)16-20(14-15-21(2,3)4)25-19-8-6-5-7-9-19/h5-13,16H,14-15H2,1-4H3/b20-16-. The molecule has 0 saturated heterocycles. The Morgan fingerprint density at radius 3 is 2.16 bits per heavy atom. The molecule has 134 valence electrons. The van der Waals surface area contributed by atoms with E-state index >= 15 is 0 Å². The van der Waals surface area contributed by atoms with Crippen LogP contribution in [0.2, 0.25) is 0 Å². The van der Waals surface area contributed by atoms with E-state index in [0.717, 1.165) is 22.9 Å². The van der Waals surface area contributed by atoms with Crippen molar-refractivity contribution < 1.29 is 8.42 Å². The zero-order chi connectivity index (χ0) is 18.5. The summed E-state index contributed by atoms with van der Waals surface area (Å²) in [4.78, 5) is 0.371. The first-order valence-electron chi connectivity index (χ1n) is 8.41. The van der Waals surface area contributed by atoms with Gasteiger partial charge in [-0.25, -0.2) is 0 Å². The molecule has 0 amide bonds. The van der Waals surface area contributed by atoms with Gasteiger partial charge in [0.25, 0.3) is 0 Å². The van der Waals surface area contributed by atoms with Crippen LogP contribution in [0.4, 0.5) is 0 Å². The molecule has 2 nitrogen and oxygen atoms in total. The quantitative estimate of drug-likeness (QED) is 0.645. The maximum absolute atomic E-state index is 12.8. The van der Waals surface area contributed by atoms with Crippen LogP contribution < -0.4 is 4.46 Å². The van der Waals surface area contributed by atoms with Crippen LogP contribution in [0.15, 0.2) is 69.4 Å². The number of hydrogen-bond donors (Lipinski definition) is 0. The molecule has 0 atom stereocenters. The Hall–Kier alpha value is -1.35. The molecular formula is C21H26O2SSe. The van der Waals surface area contributed by atoms with E-state index in [1.807, 2.05) is 37.3 Å². The number of hydrogen-bond acceptors (Lipinski definition) is 2. The zero-order valence-electron chi connectivity index (χ0n) is 15.3. The summed E-state index contributed by atoms with van der Waals surface area (Å²) < 4.78 is 27.8. The molecule has 0 aliphatic heterocycles. The van der Waals surface area contributed by atoms with Gasteiger partial charge in [-0.3, -0.25) is 0 Å². The Bertz CT molecular complexity index is 814. The van der Waals surface area contributed by atoms with Gasteiger partial charge in [-0.15, -0.1) is 0 Å². The third-order valence-corrected chi connectivity index (χ3v) is 7.90. The van der Waals surface area contributed by atoms with Gasteiger partial charge in [0.2, 0.25) is 0 Å². The van der Waals surface area contributed by atoms with Crippen molar-refractivity contribution >= 4 is 29.3 Å². The van der Waals surface area contributed by atoms with E-state index < -0.39 is 9.84 Å². The van der Waals surface area contributed by atoms with Crippen molar-refractivity contribution in [2.75, 3.05) is 0 Å². The van der Waals surface area contributed by atoms with Crippen molar-refractivity contribution in [3.63, 3.8) is 0 Å². The van der Waals surface area contributed by atoms with E-state index in [2.05, 4.69) is 32.9 Å². The number of rotatable bonds is 6. The van der Waals surface area contributed by atoms with Crippen LogP contribution in [0.3, 0.4) is 0 Å². The first-order chi connectivity index (χ1) is 11.7. The van der Waals surface area contributed by atoms with Crippen LogP contribution in [-0.2, 0) is 9.84 Å². The third-order valence-electron chi connectivity index (χ3n) is 3.75. The van der Waals surface area contributed by atoms with Crippen molar-refractivity contribution in [2.45, 2.75) is 45.4 Å². The van der Waals surface area contributed by atoms with Gasteiger partial charge in [0.15, 0.2) is 0 Å². The summed E-state index contributed by atoms with van der Waals surface area (Å²) in [5, 5.41) is 1.51. The van der Waals surface area contributed by atoms with E-state index in [9.17, 15) is 8.42 Å². The average molecular weight is 421 g/mol. The first-order valence-corrected chi connectivity index (χ1v) is 11.7. The molecule has 0 N–H and O–H groups in total. The Kier molecular flexibility index (Phi) is 6.67. The van der Waals surface area contributed by atoms with Gasteiger partial charge in [-0.2, -0.15) is 0 Å². The van der Waals surface area contributed by atoms with Gasteiger partial charge >= 0.3 is 159 Å². The molecule has 4 heteroatoms. The topological polar surface area (TPSA) is 34.1 Å². The summed E-state index contributed by atoms with van der Waals surface area (Å²) in [6.07, 6.45) is 1.78. The molecule has 0 spiro atoms. The molecule has 0 aliphatic carbocycles. The Morgan fingerprint density at radius 2 is 1.60 bits per heavy atom. The number of aryl methyl sites for hydroxylation is 1. The second-order valence-electron chi connectivity index (χ2n) is 7.42. The SMILES string of the molecule is Cc1ccc(S(=O)(=O)/C=C(/CCC(C)(C)C)[Se]c2ccccc2)cc1. The average Bonchev–Trinajstić information content (AvgIpc) is 2.53. The molecule has 0 bridgehead atoms. The van der Waals surface area contributed by atoms with Crippen LogP contribution in [0, 0.1) is 12.3 Å². The van der Waals surface area contributed by atoms with Crippen molar-refractivity contribution in [3.8, 4) is 0 Å². The van der Waals surface area contributed by atoms with Crippen LogP contribution in [0.5, 0.6) is 0 Å². The predicted molar refractivity (Wildman–Crippen MR) is 107 cm³/mol. The van der Waals surface area contributed by atoms with Crippen LogP contribution >= 0.6 is 0 Å². The van der Waals surface area contributed by atoms with Crippen molar-refractivity contribution in [1.82, 2.24) is 0 Å². The van der Waals surface area contributed by atoms with Crippen molar-refractivity contribution in [3.05, 3.63) is 70.0 Å². The second kappa shape index (κ2) is 8.35. The van der Waals surface area contributed by atoms with E-state index in [1.54, 1.807) is 12.1 Å². The van der Waals surface area contributed by atoms with Gasteiger partial charge in [0.1, 0.15) is 0 Å². The van der Waals surface area contributed by atoms with Gasteiger partial charge < -0.3 is 0 Å². The molecule has 0 unspecified atom stereocenters. The summed E-state index contributed by atoms with van der Waals surface area (Å²) in [7, 11) is -3.41. The van der Waals surface area contributed by atoms with Gasteiger partial charge in [0, 0.05) is 0 Å². The fraction of sp³-hybridized carbons (Fsp3) is 0.333. The van der Waals surface area contributed by atoms with Gasteiger partial charge in [0.05, 0.1) is 0 Å². The molecule has 0 fully saturated rings. The summed E-state index contributed by atoms with van der Waals surface area (Å²) >= 11 is 0.0181. The molecule has 0 heterocycles. The normalized spacial score (nSPS) is 13.0. The van der Waals surface area contributed by atoms with Crippen molar-refractivity contribution in [1.29, 1.82) is 0 Å². The van der Waals surface area contributed by atoms with E-state index in [0.29, 0.717) is 4.90 Å². The summed E-state index contributed by atoms with van der Waals surface area (Å²) in [6.45, 7) is 8.53. The monoisotopic (exact) mass is 422 g/mol.